The standard InChI is InChI=1S/C20H40O4/c1-6-11-12-13-14-15-16-17-18-19(21-7-2)20(22-8-3,23-9-4)24-10-5/h7,19H,2,6,8-18H2,1,3-5H3. The Bertz CT molecular complexity index is 264. The topological polar surface area (TPSA) is 36.9 Å². The summed E-state index contributed by atoms with van der Waals surface area (Å²) in [5.74, 6) is -1.13. The van der Waals surface area contributed by atoms with Crippen LogP contribution in [0.2, 0.25) is 0 Å². The van der Waals surface area contributed by atoms with Crippen LogP contribution in [-0.4, -0.2) is 31.9 Å². The summed E-state index contributed by atoms with van der Waals surface area (Å²) in [5.41, 5.74) is 0. The van der Waals surface area contributed by atoms with Crippen LogP contribution in [0.15, 0.2) is 12.8 Å². The molecule has 0 heterocycles. The molecular weight excluding hydrogens is 304 g/mol. The van der Waals surface area contributed by atoms with E-state index >= 15 is 0 Å². The first-order valence-corrected chi connectivity index (χ1v) is 9.88. The number of ether oxygens (including phenoxy) is 4. The van der Waals surface area contributed by atoms with Gasteiger partial charge in [-0.1, -0.05) is 58.4 Å². The van der Waals surface area contributed by atoms with Gasteiger partial charge in [0.2, 0.25) is 0 Å². The molecule has 0 aliphatic heterocycles. The second kappa shape index (κ2) is 15.9. The zero-order chi connectivity index (χ0) is 18.1. The lowest BCUT2D eigenvalue weighted by atomic mass is 10.0. The van der Waals surface area contributed by atoms with E-state index in [9.17, 15) is 0 Å². The molecule has 0 bridgehead atoms. The van der Waals surface area contributed by atoms with Crippen molar-refractivity contribution in [2.75, 3.05) is 19.8 Å². The van der Waals surface area contributed by atoms with Gasteiger partial charge >= 0.3 is 5.97 Å². The molecule has 0 spiro atoms. The SMILES string of the molecule is C=COC(CCCCCCCCCC)C(OCC)(OCC)OCC. The van der Waals surface area contributed by atoms with Gasteiger partial charge in [-0.3, -0.25) is 0 Å². The van der Waals surface area contributed by atoms with E-state index in [2.05, 4.69) is 13.5 Å². The molecule has 0 aromatic carbocycles. The van der Waals surface area contributed by atoms with Gasteiger partial charge in [0.1, 0.15) is 0 Å². The first-order chi connectivity index (χ1) is 11.7. The van der Waals surface area contributed by atoms with E-state index in [1.165, 1.54) is 51.2 Å². The van der Waals surface area contributed by atoms with Crippen molar-refractivity contribution in [2.24, 2.45) is 0 Å². The number of hydrogen-bond donors (Lipinski definition) is 0. The Balaban J connectivity index is 4.42. The van der Waals surface area contributed by atoms with Crippen molar-refractivity contribution in [2.45, 2.75) is 97.6 Å². The van der Waals surface area contributed by atoms with Crippen LogP contribution in [0.5, 0.6) is 0 Å². The molecule has 0 rings (SSSR count). The third-order valence-electron chi connectivity index (χ3n) is 4.01. The van der Waals surface area contributed by atoms with Crippen LogP contribution in [0.4, 0.5) is 0 Å². The van der Waals surface area contributed by atoms with Crippen LogP contribution in [0, 0.1) is 0 Å². The van der Waals surface area contributed by atoms with E-state index in [1.54, 1.807) is 0 Å². The van der Waals surface area contributed by atoms with Gasteiger partial charge in [0.25, 0.3) is 0 Å². The third-order valence-corrected chi connectivity index (χ3v) is 4.01. The average molecular weight is 345 g/mol. The summed E-state index contributed by atoms with van der Waals surface area (Å²) in [4.78, 5) is 0. The molecule has 0 fully saturated rings. The van der Waals surface area contributed by atoms with Crippen molar-refractivity contribution >= 4 is 0 Å². The minimum atomic E-state index is -1.13. The maximum absolute atomic E-state index is 5.83. The van der Waals surface area contributed by atoms with Crippen LogP contribution in [0.1, 0.15) is 85.5 Å². The fourth-order valence-corrected chi connectivity index (χ4v) is 2.92. The Labute approximate surface area is 149 Å². The Kier molecular flexibility index (Phi) is 15.5. The Morgan fingerprint density at radius 2 is 1.21 bits per heavy atom. The number of unbranched alkanes of at least 4 members (excludes halogenated alkanes) is 7. The molecule has 1 unspecified atom stereocenters. The lowest BCUT2D eigenvalue weighted by Crippen LogP contribution is -2.51. The molecule has 0 aromatic heterocycles. The van der Waals surface area contributed by atoms with Gasteiger partial charge in [-0.05, 0) is 33.6 Å². The van der Waals surface area contributed by atoms with Gasteiger partial charge < -0.3 is 18.9 Å². The van der Waals surface area contributed by atoms with E-state index < -0.39 is 5.97 Å². The van der Waals surface area contributed by atoms with Crippen molar-refractivity contribution in [3.63, 3.8) is 0 Å². The molecule has 1 atom stereocenters. The van der Waals surface area contributed by atoms with Crippen molar-refractivity contribution in [3.8, 4) is 0 Å². The molecular formula is C20H40O4. The summed E-state index contributed by atoms with van der Waals surface area (Å²) < 4.78 is 23.2. The lowest BCUT2D eigenvalue weighted by molar-refractivity contribution is -0.410. The van der Waals surface area contributed by atoms with Gasteiger partial charge in [0, 0.05) is 19.8 Å². The first kappa shape index (κ1) is 23.4. The summed E-state index contributed by atoms with van der Waals surface area (Å²) in [6.07, 6.45) is 12.2. The average Bonchev–Trinajstić information content (AvgIpc) is 2.57. The Morgan fingerprint density at radius 1 is 0.750 bits per heavy atom. The second-order valence-corrected chi connectivity index (χ2v) is 5.96. The van der Waals surface area contributed by atoms with E-state index in [0.717, 1.165) is 12.8 Å². The normalized spacial score (nSPS) is 13.0. The van der Waals surface area contributed by atoms with Gasteiger partial charge in [0.05, 0.1) is 6.26 Å². The van der Waals surface area contributed by atoms with Crippen LogP contribution in [-0.2, 0) is 18.9 Å². The van der Waals surface area contributed by atoms with Crippen LogP contribution in [0.25, 0.3) is 0 Å². The summed E-state index contributed by atoms with van der Waals surface area (Å²) in [6.45, 7) is 13.3. The first-order valence-electron chi connectivity index (χ1n) is 9.88. The van der Waals surface area contributed by atoms with E-state index in [0.29, 0.717) is 19.8 Å². The van der Waals surface area contributed by atoms with E-state index in [4.69, 9.17) is 18.9 Å². The van der Waals surface area contributed by atoms with Gasteiger partial charge in [-0.15, -0.1) is 0 Å². The van der Waals surface area contributed by atoms with Crippen molar-refractivity contribution < 1.29 is 18.9 Å². The van der Waals surface area contributed by atoms with Crippen molar-refractivity contribution in [1.82, 2.24) is 0 Å². The smallest absolute Gasteiger partial charge is 0.322 e. The van der Waals surface area contributed by atoms with Crippen molar-refractivity contribution in [1.29, 1.82) is 0 Å². The van der Waals surface area contributed by atoms with E-state index in [-0.39, 0.29) is 6.10 Å². The van der Waals surface area contributed by atoms with Crippen LogP contribution in [0.3, 0.4) is 0 Å². The highest BCUT2D eigenvalue weighted by molar-refractivity contribution is 4.75. The van der Waals surface area contributed by atoms with Gasteiger partial charge in [-0.2, -0.15) is 0 Å². The zero-order valence-electron chi connectivity index (χ0n) is 16.5. The molecule has 0 radical (unpaired) electrons. The molecule has 0 saturated heterocycles. The zero-order valence-corrected chi connectivity index (χ0v) is 16.5. The Hall–Kier alpha value is -0.580. The molecule has 0 aromatic rings. The van der Waals surface area contributed by atoms with Gasteiger partial charge in [-0.25, -0.2) is 0 Å². The monoisotopic (exact) mass is 344 g/mol. The fraction of sp³-hybridized carbons (Fsp3) is 0.900. The predicted octanol–water partition coefficient (Wildman–Crippen LogP) is 5.81. The maximum atomic E-state index is 5.83. The lowest BCUT2D eigenvalue weighted by Gasteiger charge is -2.38. The Morgan fingerprint density at radius 3 is 1.62 bits per heavy atom. The van der Waals surface area contributed by atoms with Gasteiger partial charge in [0.15, 0.2) is 6.10 Å². The number of hydrogen-bond acceptors (Lipinski definition) is 4. The molecule has 4 nitrogen and oxygen atoms in total. The summed E-state index contributed by atoms with van der Waals surface area (Å²) >= 11 is 0. The highest BCUT2D eigenvalue weighted by atomic mass is 16.9. The summed E-state index contributed by atoms with van der Waals surface area (Å²) in [7, 11) is 0. The van der Waals surface area contributed by atoms with Crippen molar-refractivity contribution in [3.05, 3.63) is 12.8 Å². The quantitative estimate of drug-likeness (QED) is 0.179. The molecule has 0 N–H and O–H groups in total. The predicted molar refractivity (Wildman–Crippen MR) is 99.9 cm³/mol. The summed E-state index contributed by atoms with van der Waals surface area (Å²) in [5, 5.41) is 0. The molecule has 144 valence electrons. The molecule has 0 saturated carbocycles. The maximum Gasteiger partial charge on any atom is 0.322 e. The van der Waals surface area contributed by atoms with Crippen LogP contribution >= 0.6 is 0 Å². The van der Waals surface area contributed by atoms with Crippen LogP contribution < -0.4 is 0 Å². The van der Waals surface area contributed by atoms with E-state index in [1.807, 2.05) is 20.8 Å². The molecule has 24 heavy (non-hydrogen) atoms. The molecule has 0 aliphatic rings. The highest BCUT2D eigenvalue weighted by Crippen LogP contribution is 2.27. The second-order valence-electron chi connectivity index (χ2n) is 5.96. The molecule has 0 aliphatic carbocycles. The number of rotatable bonds is 18. The minimum absolute atomic E-state index is 0.296. The summed E-state index contributed by atoms with van der Waals surface area (Å²) in [6, 6.07) is 0. The minimum Gasteiger partial charge on any atom is -0.490 e. The molecule has 0 amide bonds. The largest absolute Gasteiger partial charge is 0.490 e. The molecule has 4 heteroatoms. The fourth-order valence-electron chi connectivity index (χ4n) is 2.92. The highest BCUT2D eigenvalue weighted by Gasteiger charge is 2.43. The third kappa shape index (κ3) is 9.65.